The Morgan fingerprint density at radius 1 is 1.38 bits per heavy atom. The summed E-state index contributed by atoms with van der Waals surface area (Å²) >= 11 is 6.13. The zero-order chi connectivity index (χ0) is 17.9. The Morgan fingerprint density at radius 3 is 2.62 bits per heavy atom. The van der Waals surface area contributed by atoms with Gasteiger partial charge in [0, 0.05) is 10.9 Å². The van der Waals surface area contributed by atoms with Gasteiger partial charge in [0.25, 0.3) is 5.56 Å². The van der Waals surface area contributed by atoms with Crippen molar-refractivity contribution in [2.75, 3.05) is 6.61 Å². The molecule has 7 heteroatoms. The third-order valence-corrected chi connectivity index (χ3v) is 3.83. The molecule has 0 fully saturated rings. The number of hydrogen-bond donors (Lipinski definition) is 1. The molecule has 24 heavy (non-hydrogen) atoms. The molecule has 6 nitrogen and oxygen atoms in total. The highest BCUT2D eigenvalue weighted by atomic mass is 35.5. The van der Waals surface area contributed by atoms with Crippen LogP contribution in [0.4, 0.5) is 0 Å². The van der Waals surface area contributed by atoms with Gasteiger partial charge in [-0.05, 0) is 18.6 Å². The monoisotopic (exact) mass is 350 g/mol. The van der Waals surface area contributed by atoms with Gasteiger partial charge in [-0.2, -0.15) is 5.10 Å². The number of rotatable bonds is 5. The molecule has 0 aliphatic carbocycles. The first-order valence-corrected chi connectivity index (χ1v) is 7.99. The van der Waals surface area contributed by atoms with E-state index in [4.69, 9.17) is 16.3 Å². The van der Waals surface area contributed by atoms with E-state index in [9.17, 15) is 14.7 Å². The number of ether oxygens (including phenoxy) is 1. The summed E-state index contributed by atoms with van der Waals surface area (Å²) in [6, 6.07) is 7.05. The predicted octanol–water partition coefficient (Wildman–Crippen LogP) is 2.95. The lowest BCUT2D eigenvalue weighted by atomic mass is 10.1. The number of carbonyl (C=O) groups is 1. The highest BCUT2D eigenvalue weighted by Crippen LogP contribution is 2.25. The van der Waals surface area contributed by atoms with E-state index < -0.39 is 22.8 Å². The summed E-state index contributed by atoms with van der Waals surface area (Å²) in [5, 5.41) is 15.0. The Hall–Kier alpha value is -2.34. The van der Waals surface area contributed by atoms with Crippen LogP contribution in [-0.4, -0.2) is 27.5 Å². The number of hydrogen-bond acceptors (Lipinski definition) is 5. The Morgan fingerprint density at radius 2 is 2.04 bits per heavy atom. The molecule has 0 saturated carbocycles. The van der Waals surface area contributed by atoms with Crippen molar-refractivity contribution in [1.29, 1.82) is 0 Å². The van der Waals surface area contributed by atoms with E-state index in [0.717, 1.165) is 4.68 Å². The molecule has 1 aromatic carbocycles. The van der Waals surface area contributed by atoms with Crippen molar-refractivity contribution in [2.45, 2.75) is 33.2 Å². The molecule has 0 radical (unpaired) electrons. The first-order valence-electron chi connectivity index (χ1n) is 7.61. The van der Waals surface area contributed by atoms with Crippen LogP contribution in [0, 0.1) is 0 Å². The van der Waals surface area contributed by atoms with E-state index in [1.807, 2.05) is 0 Å². The van der Waals surface area contributed by atoms with Crippen molar-refractivity contribution in [3.8, 4) is 5.75 Å². The van der Waals surface area contributed by atoms with Crippen molar-refractivity contribution in [2.24, 2.45) is 0 Å². The van der Waals surface area contributed by atoms with Gasteiger partial charge in [0.15, 0.2) is 11.3 Å². The van der Waals surface area contributed by atoms with Crippen molar-refractivity contribution >= 4 is 17.6 Å². The zero-order valence-corrected chi connectivity index (χ0v) is 14.5. The van der Waals surface area contributed by atoms with Crippen LogP contribution < -0.4 is 5.56 Å². The zero-order valence-electron chi connectivity index (χ0n) is 13.7. The van der Waals surface area contributed by atoms with Crippen LogP contribution in [0.25, 0.3) is 0 Å². The molecule has 2 rings (SSSR count). The Balaban J connectivity index is 2.61. The molecule has 1 aromatic heterocycles. The van der Waals surface area contributed by atoms with Crippen LogP contribution >= 0.6 is 11.6 Å². The van der Waals surface area contributed by atoms with E-state index in [1.54, 1.807) is 45.0 Å². The minimum absolute atomic E-state index is 0.0882. The smallest absolute Gasteiger partial charge is 0.347 e. The third-order valence-electron chi connectivity index (χ3n) is 3.46. The van der Waals surface area contributed by atoms with E-state index >= 15 is 0 Å². The lowest BCUT2D eigenvalue weighted by molar-refractivity contribution is 0.0519. The topological polar surface area (TPSA) is 81.4 Å². The molecular formula is C17H19ClN2O4. The van der Waals surface area contributed by atoms with E-state index in [-0.39, 0.29) is 24.8 Å². The number of aromatic hydroxyl groups is 1. The molecule has 0 aliphatic rings. The van der Waals surface area contributed by atoms with Crippen molar-refractivity contribution in [3.05, 3.63) is 56.5 Å². The van der Waals surface area contributed by atoms with Crippen molar-refractivity contribution in [1.82, 2.24) is 9.78 Å². The summed E-state index contributed by atoms with van der Waals surface area (Å²) in [7, 11) is 0. The molecular weight excluding hydrogens is 332 g/mol. The van der Waals surface area contributed by atoms with Gasteiger partial charge in [0.1, 0.15) is 5.69 Å². The highest BCUT2D eigenvalue weighted by molar-refractivity contribution is 6.31. The molecule has 0 aliphatic heterocycles. The summed E-state index contributed by atoms with van der Waals surface area (Å²) in [5.74, 6) is -1.47. The number of nitrogens with zero attached hydrogens (tertiary/aromatic N) is 2. The molecule has 2 aromatic rings. The quantitative estimate of drug-likeness (QED) is 0.838. The third kappa shape index (κ3) is 3.59. The number of esters is 1. The molecule has 0 atom stereocenters. The average molecular weight is 351 g/mol. The standard InChI is InChI=1S/C17H19ClN2O4/c1-4-24-17(23)13-15(21)14(10(2)3)19-20(16(13)22)9-11-7-5-6-8-12(11)18/h5-8,10,21H,4,9H2,1-3H3. The normalized spacial score (nSPS) is 10.9. The van der Waals surface area contributed by atoms with E-state index in [2.05, 4.69) is 5.10 Å². The van der Waals surface area contributed by atoms with Crippen molar-refractivity contribution in [3.63, 3.8) is 0 Å². The average Bonchev–Trinajstić information content (AvgIpc) is 2.52. The van der Waals surface area contributed by atoms with Crippen LogP contribution in [0.2, 0.25) is 5.02 Å². The summed E-state index contributed by atoms with van der Waals surface area (Å²) in [5.41, 5.74) is -0.174. The Labute approximate surface area is 144 Å². The number of carbonyl (C=O) groups excluding carboxylic acids is 1. The molecule has 0 unspecified atom stereocenters. The number of aromatic nitrogens is 2. The first-order chi connectivity index (χ1) is 11.4. The van der Waals surface area contributed by atoms with Crippen LogP contribution in [0.3, 0.4) is 0 Å². The summed E-state index contributed by atoms with van der Waals surface area (Å²) in [6.07, 6.45) is 0. The first kappa shape index (κ1) is 18.0. The summed E-state index contributed by atoms with van der Waals surface area (Å²) in [6.45, 7) is 5.43. The second kappa shape index (κ2) is 7.49. The van der Waals surface area contributed by atoms with Crippen LogP contribution in [0.1, 0.15) is 48.3 Å². The van der Waals surface area contributed by atoms with Gasteiger partial charge in [-0.1, -0.05) is 43.6 Å². The van der Waals surface area contributed by atoms with Gasteiger partial charge in [-0.15, -0.1) is 0 Å². The predicted molar refractivity (Wildman–Crippen MR) is 90.8 cm³/mol. The molecule has 128 valence electrons. The Bertz CT molecular complexity index is 815. The fraction of sp³-hybridized carbons (Fsp3) is 0.353. The molecule has 0 amide bonds. The fourth-order valence-electron chi connectivity index (χ4n) is 2.25. The van der Waals surface area contributed by atoms with Gasteiger partial charge < -0.3 is 9.84 Å². The van der Waals surface area contributed by atoms with Crippen molar-refractivity contribution < 1.29 is 14.6 Å². The molecule has 0 bridgehead atoms. The molecule has 0 saturated heterocycles. The summed E-state index contributed by atoms with van der Waals surface area (Å²) in [4.78, 5) is 24.7. The van der Waals surface area contributed by atoms with Gasteiger partial charge >= 0.3 is 5.97 Å². The maximum Gasteiger partial charge on any atom is 0.347 e. The minimum atomic E-state index is -0.864. The minimum Gasteiger partial charge on any atom is -0.505 e. The molecule has 1 N–H and O–H groups in total. The van der Waals surface area contributed by atoms with Crippen LogP contribution in [0.5, 0.6) is 5.75 Å². The molecule has 1 heterocycles. The fourth-order valence-corrected chi connectivity index (χ4v) is 2.45. The Kier molecular flexibility index (Phi) is 5.62. The van der Waals surface area contributed by atoms with Crippen LogP contribution in [-0.2, 0) is 11.3 Å². The highest BCUT2D eigenvalue weighted by Gasteiger charge is 2.25. The lowest BCUT2D eigenvalue weighted by Crippen LogP contribution is -2.31. The van der Waals surface area contributed by atoms with Gasteiger partial charge in [-0.25, -0.2) is 9.48 Å². The van der Waals surface area contributed by atoms with Crippen LogP contribution in [0.15, 0.2) is 29.1 Å². The largest absolute Gasteiger partial charge is 0.505 e. The van der Waals surface area contributed by atoms with Gasteiger partial charge in [-0.3, -0.25) is 4.79 Å². The SMILES string of the molecule is CCOC(=O)c1c(O)c(C(C)C)nn(Cc2ccccc2Cl)c1=O. The van der Waals surface area contributed by atoms with E-state index in [1.165, 1.54) is 0 Å². The summed E-state index contributed by atoms with van der Waals surface area (Å²) < 4.78 is 6.01. The van der Waals surface area contributed by atoms with Gasteiger partial charge in [0.05, 0.1) is 13.2 Å². The number of benzene rings is 1. The van der Waals surface area contributed by atoms with E-state index in [0.29, 0.717) is 10.6 Å². The maximum absolute atomic E-state index is 12.6. The second-order valence-corrected chi connectivity index (χ2v) is 5.95. The molecule has 0 spiro atoms. The lowest BCUT2D eigenvalue weighted by Gasteiger charge is -2.15. The maximum atomic E-state index is 12.6. The second-order valence-electron chi connectivity index (χ2n) is 5.54. The van der Waals surface area contributed by atoms with Gasteiger partial charge in [0.2, 0.25) is 0 Å². The number of halogens is 1.